The number of alkyl halides is 2. The van der Waals surface area contributed by atoms with E-state index in [4.69, 9.17) is 11.6 Å². The average Bonchev–Trinajstić information content (AvgIpc) is 2.94. The summed E-state index contributed by atoms with van der Waals surface area (Å²) < 4.78 is 52.2. The van der Waals surface area contributed by atoms with Gasteiger partial charge in [0.15, 0.2) is 0 Å². The van der Waals surface area contributed by atoms with Gasteiger partial charge >= 0.3 is 0 Å². The van der Waals surface area contributed by atoms with Crippen molar-refractivity contribution in [3.05, 3.63) is 65.3 Å². The molecular formula is C15H10ClF2NO2S. The Morgan fingerprint density at radius 3 is 2.32 bits per heavy atom. The van der Waals surface area contributed by atoms with Crippen molar-refractivity contribution in [2.45, 2.75) is 11.3 Å². The molecule has 0 aliphatic carbocycles. The maximum atomic E-state index is 13.0. The minimum absolute atomic E-state index is 0.0586. The lowest BCUT2D eigenvalue weighted by molar-refractivity contribution is 0.151. The van der Waals surface area contributed by atoms with Crippen molar-refractivity contribution in [1.82, 2.24) is 3.97 Å². The molecule has 0 amide bonds. The summed E-state index contributed by atoms with van der Waals surface area (Å²) in [6, 6.07) is 11.9. The molecule has 0 saturated carbocycles. The zero-order valence-corrected chi connectivity index (χ0v) is 12.7. The van der Waals surface area contributed by atoms with E-state index in [9.17, 15) is 17.2 Å². The van der Waals surface area contributed by atoms with E-state index in [1.54, 1.807) is 18.2 Å². The predicted octanol–water partition coefficient (Wildman–Crippen LogP) is 4.47. The average molecular weight is 342 g/mol. The fourth-order valence-electron chi connectivity index (χ4n) is 2.25. The molecule has 0 radical (unpaired) electrons. The van der Waals surface area contributed by atoms with Gasteiger partial charge in [0.05, 0.1) is 15.4 Å². The quantitative estimate of drug-likeness (QED) is 0.705. The molecule has 2 aromatic carbocycles. The summed E-state index contributed by atoms with van der Waals surface area (Å²) in [6.45, 7) is 0. The number of benzene rings is 2. The van der Waals surface area contributed by atoms with Gasteiger partial charge in [-0.1, -0.05) is 41.9 Å². The van der Waals surface area contributed by atoms with Crippen molar-refractivity contribution < 1.29 is 17.2 Å². The third-order valence-corrected chi connectivity index (χ3v) is 5.41. The number of fused-ring (bicyclic) bond motifs is 1. The number of aromatic nitrogens is 1. The summed E-state index contributed by atoms with van der Waals surface area (Å²) in [4.78, 5) is 0.0611. The fraction of sp³-hybridized carbons (Fsp3) is 0.0667. The van der Waals surface area contributed by atoms with Crippen LogP contribution in [0.25, 0.3) is 10.9 Å². The highest BCUT2D eigenvalue weighted by atomic mass is 35.5. The van der Waals surface area contributed by atoms with Crippen LogP contribution in [0.1, 0.15) is 12.0 Å². The molecule has 0 N–H and O–H groups in total. The van der Waals surface area contributed by atoms with E-state index in [2.05, 4.69) is 0 Å². The summed E-state index contributed by atoms with van der Waals surface area (Å²) in [5.41, 5.74) is -0.333. The van der Waals surface area contributed by atoms with Gasteiger partial charge < -0.3 is 0 Å². The summed E-state index contributed by atoms with van der Waals surface area (Å²) >= 11 is 6.01. The minimum Gasteiger partial charge on any atom is -0.240 e. The summed E-state index contributed by atoms with van der Waals surface area (Å²) in [5.74, 6) is 0. The van der Waals surface area contributed by atoms with Crippen LogP contribution in [-0.4, -0.2) is 12.4 Å². The predicted molar refractivity (Wildman–Crippen MR) is 80.9 cm³/mol. The third-order valence-electron chi connectivity index (χ3n) is 3.32. The maximum absolute atomic E-state index is 13.0. The van der Waals surface area contributed by atoms with Crippen LogP contribution in [0.2, 0.25) is 5.02 Å². The zero-order chi connectivity index (χ0) is 15.9. The fourth-order valence-corrected chi connectivity index (χ4v) is 4.03. The highest BCUT2D eigenvalue weighted by molar-refractivity contribution is 7.90. The Balaban J connectivity index is 2.31. The first-order valence-electron chi connectivity index (χ1n) is 6.31. The van der Waals surface area contributed by atoms with Gasteiger partial charge in [0.25, 0.3) is 16.4 Å². The first-order valence-corrected chi connectivity index (χ1v) is 8.13. The second-order valence-corrected chi connectivity index (χ2v) is 6.83. The molecule has 1 aromatic heterocycles. The van der Waals surface area contributed by atoms with Crippen molar-refractivity contribution in [2.75, 3.05) is 0 Å². The lowest BCUT2D eigenvalue weighted by Gasteiger charge is -2.10. The minimum atomic E-state index is -3.90. The van der Waals surface area contributed by atoms with E-state index in [0.717, 1.165) is 3.97 Å². The SMILES string of the molecule is O=S(=O)(c1ccccc1)n1ccc2ccc(C(F)F)c(Cl)c21. The molecule has 0 atom stereocenters. The number of nitrogens with zero attached hydrogens (tertiary/aromatic N) is 1. The summed E-state index contributed by atoms with van der Waals surface area (Å²) in [7, 11) is -3.90. The van der Waals surface area contributed by atoms with Crippen LogP contribution < -0.4 is 0 Å². The molecule has 3 rings (SSSR count). The Labute approximate surface area is 130 Å². The molecule has 0 unspecified atom stereocenters. The van der Waals surface area contributed by atoms with Gasteiger partial charge in [0.2, 0.25) is 0 Å². The lowest BCUT2D eigenvalue weighted by Crippen LogP contribution is -2.12. The molecule has 7 heteroatoms. The van der Waals surface area contributed by atoms with E-state index in [1.165, 1.54) is 36.5 Å². The smallest absolute Gasteiger partial charge is 0.240 e. The van der Waals surface area contributed by atoms with Gasteiger partial charge in [0.1, 0.15) is 0 Å². The second-order valence-electron chi connectivity index (χ2n) is 4.64. The monoisotopic (exact) mass is 341 g/mol. The molecule has 3 aromatic rings. The van der Waals surface area contributed by atoms with Crippen LogP contribution in [-0.2, 0) is 10.0 Å². The molecule has 0 saturated heterocycles. The highest BCUT2D eigenvalue weighted by Gasteiger charge is 2.23. The van der Waals surface area contributed by atoms with Gasteiger partial charge in [-0.25, -0.2) is 21.2 Å². The normalized spacial score (nSPS) is 12.2. The standard InChI is InChI=1S/C15H10ClF2NO2S/c16-13-12(15(17)18)7-6-10-8-9-19(14(10)13)22(20,21)11-4-2-1-3-5-11/h1-9,15H. The summed E-state index contributed by atoms with van der Waals surface area (Å²) in [5, 5.41) is 0.228. The highest BCUT2D eigenvalue weighted by Crippen LogP contribution is 2.35. The first-order chi connectivity index (χ1) is 10.4. The molecule has 22 heavy (non-hydrogen) atoms. The first kappa shape index (κ1) is 15.0. The third kappa shape index (κ3) is 2.28. The molecule has 1 heterocycles. The molecular weight excluding hydrogens is 332 g/mol. The van der Waals surface area contributed by atoms with Crippen LogP contribution in [0.3, 0.4) is 0 Å². The van der Waals surface area contributed by atoms with Gasteiger partial charge in [-0.2, -0.15) is 0 Å². The lowest BCUT2D eigenvalue weighted by atomic mass is 10.2. The second kappa shape index (κ2) is 5.37. The molecule has 0 bridgehead atoms. The van der Waals surface area contributed by atoms with Crippen molar-refractivity contribution in [3.63, 3.8) is 0 Å². The number of rotatable bonds is 3. The molecule has 114 valence electrons. The van der Waals surface area contributed by atoms with Gasteiger partial charge in [-0.3, -0.25) is 0 Å². The van der Waals surface area contributed by atoms with Crippen molar-refractivity contribution in [2.24, 2.45) is 0 Å². The topological polar surface area (TPSA) is 39.1 Å². The van der Waals surface area contributed by atoms with Crippen molar-refractivity contribution in [1.29, 1.82) is 0 Å². The van der Waals surface area contributed by atoms with Crippen LogP contribution in [0.5, 0.6) is 0 Å². The largest absolute Gasteiger partial charge is 0.268 e. The Kier molecular flexibility index (Phi) is 3.66. The van der Waals surface area contributed by atoms with Gasteiger partial charge in [-0.05, 0) is 18.2 Å². The van der Waals surface area contributed by atoms with E-state index >= 15 is 0 Å². The molecule has 3 nitrogen and oxygen atoms in total. The van der Waals surface area contributed by atoms with Gasteiger partial charge in [0, 0.05) is 17.1 Å². The molecule has 0 aliphatic heterocycles. The molecule has 0 spiro atoms. The number of hydrogen-bond donors (Lipinski definition) is 0. The zero-order valence-electron chi connectivity index (χ0n) is 11.1. The van der Waals surface area contributed by atoms with Crippen LogP contribution in [0, 0.1) is 0 Å². The van der Waals surface area contributed by atoms with Crippen LogP contribution in [0.4, 0.5) is 8.78 Å². The Bertz CT molecular complexity index is 937. The Hall–Kier alpha value is -1.92. The van der Waals surface area contributed by atoms with Crippen molar-refractivity contribution in [3.8, 4) is 0 Å². The van der Waals surface area contributed by atoms with E-state index in [0.29, 0.717) is 5.39 Å². The summed E-state index contributed by atoms with van der Waals surface area (Å²) in [6.07, 6.45) is -1.46. The maximum Gasteiger partial charge on any atom is 0.268 e. The molecule has 0 aliphatic rings. The Morgan fingerprint density at radius 1 is 1.00 bits per heavy atom. The Morgan fingerprint density at radius 2 is 1.68 bits per heavy atom. The van der Waals surface area contributed by atoms with Crippen molar-refractivity contribution >= 4 is 32.5 Å². The van der Waals surface area contributed by atoms with Gasteiger partial charge in [-0.15, -0.1) is 0 Å². The van der Waals surface area contributed by atoms with Crippen LogP contribution >= 0.6 is 11.6 Å². The van der Waals surface area contributed by atoms with E-state index in [1.807, 2.05) is 0 Å². The number of halogens is 3. The molecule has 0 fully saturated rings. The van der Waals surface area contributed by atoms with E-state index in [-0.39, 0.29) is 15.4 Å². The van der Waals surface area contributed by atoms with E-state index < -0.39 is 22.0 Å². The number of hydrogen-bond acceptors (Lipinski definition) is 2. The van der Waals surface area contributed by atoms with Crippen LogP contribution in [0.15, 0.2) is 59.6 Å².